The van der Waals surface area contributed by atoms with Crippen molar-refractivity contribution in [2.75, 3.05) is 21.3 Å². The zero-order valence-corrected chi connectivity index (χ0v) is 11.2. The minimum atomic E-state index is -2.86. The van der Waals surface area contributed by atoms with Gasteiger partial charge in [-0.15, -0.1) is 0 Å². The zero-order chi connectivity index (χ0) is 10.7. The van der Waals surface area contributed by atoms with Crippen LogP contribution in [0.2, 0.25) is 19.6 Å². The quantitative estimate of drug-likeness (QED) is 0.441. The normalized spacial score (nSPS) is 15.1. The first-order chi connectivity index (χ1) is 5.83. The van der Waals surface area contributed by atoms with E-state index in [1.165, 1.54) is 21.3 Å². The monoisotopic (exact) mass is 228 g/mol. The van der Waals surface area contributed by atoms with Crippen LogP contribution >= 0.6 is 7.26 Å². The molecule has 0 aromatic carbocycles. The SMILES string of the molecule is COC(OC)[PH](O)(OC)[Si](C)(C)C. The van der Waals surface area contributed by atoms with Gasteiger partial charge in [0.25, 0.3) is 0 Å². The van der Waals surface area contributed by atoms with E-state index in [9.17, 15) is 4.89 Å². The van der Waals surface area contributed by atoms with Gasteiger partial charge >= 0.3 is 80.9 Å². The molecule has 0 saturated carbocycles. The van der Waals surface area contributed by atoms with Crippen molar-refractivity contribution in [3.05, 3.63) is 0 Å². The van der Waals surface area contributed by atoms with Gasteiger partial charge in [-0.25, -0.2) is 0 Å². The molecule has 1 N–H and O–H groups in total. The molecule has 0 aromatic heterocycles. The summed E-state index contributed by atoms with van der Waals surface area (Å²) in [5.41, 5.74) is 0. The van der Waals surface area contributed by atoms with E-state index in [4.69, 9.17) is 14.0 Å². The molecule has 0 aliphatic carbocycles. The van der Waals surface area contributed by atoms with Crippen LogP contribution in [0, 0.1) is 0 Å². The summed E-state index contributed by atoms with van der Waals surface area (Å²) in [6.45, 7) is 6.15. The van der Waals surface area contributed by atoms with Crippen molar-refractivity contribution in [2.45, 2.75) is 25.7 Å². The molecule has 0 unspecified atom stereocenters. The van der Waals surface area contributed by atoms with Gasteiger partial charge in [0.05, 0.1) is 0 Å². The molecule has 0 rings (SSSR count). The van der Waals surface area contributed by atoms with Crippen LogP contribution in [0.4, 0.5) is 0 Å². The van der Waals surface area contributed by atoms with Crippen molar-refractivity contribution >= 4 is 15.0 Å². The second-order valence-corrected chi connectivity index (χ2v) is 17.4. The summed E-state index contributed by atoms with van der Waals surface area (Å²) in [6.07, 6.45) is 0. The number of hydrogen-bond acceptors (Lipinski definition) is 4. The number of ether oxygens (including phenoxy) is 2. The Balaban J connectivity index is 4.80. The fraction of sp³-hybridized carbons (Fsp3) is 1.00. The van der Waals surface area contributed by atoms with E-state index in [-0.39, 0.29) is 0 Å². The van der Waals surface area contributed by atoms with Crippen LogP contribution in [0.25, 0.3) is 0 Å². The van der Waals surface area contributed by atoms with Gasteiger partial charge in [-0.2, -0.15) is 0 Å². The molecule has 0 amide bonds. The molecule has 0 atom stereocenters. The van der Waals surface area contributed by atoms with Crippen molar-refractivity contribution < 1.29 is 18.9 Å². The number of hydrogen-bond donors (Lipinski definition) is 1. The van der Waals surface area contributed by atoms with Gasteiger partial charge in [0.15, 0.2) is 0 Å². The molecule has 6 heteroatoms. The Morgan fingerprint density at radius 3 is 1.54 bits per heavy atom. The summed E-state index contributed by atoms with van der Waals surface area (Å²) >= 11 is 0. The summed E-state index contributed by atoms with van der Waals surface area (Å²) in [4.78, 5) is 10.3. The second-order valence-electron chi connectivity index (χ2n) is 3.95. The van der Waals surface area contributed by atoms with Crippen LogP contribution in [0.15, 0.2) is 0 Å². The number of rotatable bonds is 5. The standard InChI is InChI=1S/C7H21O4PSi/c1-9-7(10-2)12(8,11-3)13(4,5)6/h7-8,12H,1-6H3. The van der Waals surface area contributed by atoms with Gasteiger partial charge in [0.1, 0.15) is 0 Å². The van der Waals surface area contributed by atoms with Gasteiger partial charge in [0, 0.05) is 0 Å². The van der Waals surface area contributed by atoms with Gasteiger partial charge in [-0.1, -0.05) is 0 Å². The maximum absolute atomic E-state index is 10.3. The van der Waals surface area contributed by atoms with Crippen LogP contribution in [0.5, 0.6) is 0 Å². The van der Waals surface area contributed by atoms with E-state index in [1.54, 1.807) is 0 Å². The van der Waals surface area contributed by atoms with Crippen LogP contribution in [0.1, 0.15) is 0 Å². The molecule has 0 aliphatic rings. The van der Waals surface area contributed by atoms with Gasteiger partial charge < -0.3 is 0 Å². The van der Waals surface area contributed by atoms with Gasteiger partial charge in [0.2, 0.25) is 0 Å². The van der Waals surface area contributed by atoms with E-state index in [1.807, 2.05) is 19.6 Å². The molecule has 0 fully saturated rings. The molecule has 0 aromatic rings. The molecule has 82 valence electrons. The third-order valence-electron chi connectivity index (χ3n) is 2.13. The molecule has 0 radical (unpaired) electrons. The summed E-state index contributed by atoms with van der Waals surface area (Å²) in [5, 5.41) is 0. The van der Waals surface area contributed by atoms with E-state index in [0.717, 1.165) is 0 Å². The summed E-state index contributed by atoms with van der Waals surface area (Å²) in [7, 11) is -0.0920. The van der Waals surface area contributed by atoms with Crippen molar-refractivity contribution in [1.82, 2.24) is 0 Å². The van der Waals surface area contributed by atoms with Crippen LogP contribution in [0.3, 0.4) is 0 Å². The van der Waals surface area contributed by atoms with Gasteiger partial charge in [-0.05, 0) is 0 Å². The average Bonchev–Trinajstić information content (AvgIpc) is 2.04. The maximum atomic E-state index is 10.3. The molecule has 0 saturated heterocycles. The Kier molecular flexibility index (Phi) is 5.00. The second kappa shape index (κ2) is 4.82. The Morgan fingerprint density at radius 2 is 1.46 bits per heavy atom. The molecule has 0 bridgehead atoms. The molecule has 4 nitrogen and oxygen atoms in total. The molecular formula is C7H21O4PSi. The van der Waals surface area contributed by atoms with Crippen molar-refractivity contribution in [1.29, 1.82) is 0 Å². The fourth-order valence-corrected chi connectivity index (χ4v) is 7.99. The third-order valence-corrected chi connectivity index (χ3v) is 13.8. The third kappa shape index (κ3) is 2.72. The summed E-state index contributed by atoms with van der Waals surface area (Å²) < 4.78 is 15.4. The van der Waals surface area contributed by atoms with Crippen molar-refractivity contribution in [3.8, 4) is 0 Å². The van der Waals surface area contributed by atoms with Crippen LogP contribution in [-0.2, 0) is 14.0 Å². The Hall–Kier alpha value is 0.487. The van der Waals surface area contributed by atoms with E-state index in [0.29, 0.717) is 0 Å². The van der Waals surface area contributed by atoms with E-state index >= 15 is 0 Å². The van der Waals surface area contributed by atoms with Gasteiger partial charge in [-0.3, -0.25) is 0 Å². The first kappa shape index (κ1) is 13.5. The minimum absolute atomic E-state index is 0.593. The summed E-state index contributed by atoms with van der Waals surface area (Å²) in [6, 6.07) is -0.593. The van der Waals surface area contributed by atoms with E-state index in [2.05, 4.69) is 0 Å². The van der Waals surface area contributed by atoms with Crippen LogP contribution < -0.4 is 0 Å². The molecule has 13 heavy (non-hydrogen) atoms. The molecular weight excluding hydrogens is 207 g/mol. The number of methoxy groups -OCH3 is 2. The first-order valence-electron chi connectivity index (χ1n) is 4.16. The predicted octanol–water partition coefficient (Wildman–Crippen LogP) is 1.62. The Labute approximate surface area is 81.6 Å². The molecule has 0 heterocycles. The van der Waals surface area contributed by atoms with E-state index < -0.39 is 21.0 Å². The molecule has 0 aliphatic heterocycles. The molecule has 0 spiro atoms. The average molecular weight is 228 g/mol. The fourth-order valence-electron chi connectivity index (χ4n) is 1.17. The topological polar surface area (TPSA) is 47.9 Å². The van der Waals surface area contributed by atoms with Crippen molar-refractivity contribution in [2.24, 2.45) is 0 Å². The summed E-state index contributed by atoms with van der Waals surface area (Å²) in [5.74, 6) is 0. The Morgan fingerprint density at radius 1 is 1.08 bits per heavy atom. The first-order valence-corrected chi connectivity index (χ1v) is 10.6. The zero-order valence-electron chi connectivity index (χ0n) is 9.25. The van der Waals surface area contributed by atoms with Crippen molar-refractivity contribution in [3.63, 3.8) is 0 Å². The van der Waals surface area contributed by atoms with Crippen LogP contribution in [-0.4, -0.2) is 40.0 Å². The predicted molar refractivity (Wildman–Crippen MR) is 58.7 cm³/mol. The Bertz CT molecular complexity index is 157.